The minimum absolute atomic E-state index is 0.0973. The topological polar surface area (TPSA) is 59.3 Å². The molecule has 98 valence electrons. The predicted octanol–water partition coefficient (Wildman–Crippen LogP) is 0.953. The maximum absolute atomic E-state index is 8.54. The van der Waals surface area contributed by atoms with Gasteiger partial charge in [-0.25, -0.2) is 0 Å². The summed E-state index contributed by atoms with van der Waals surface area (Å²) in [4.78, 5) is 0. The molecule has 0 bridgehead atoms. The van der Waals surface area contributed by atoms with Crippen LogP contribution in [0.3, 0.4) is 0 Å². The summed E-state index contributed by atoms with van der Waals surface area (Å²) >= 11 is 0. The Morgan fingerprint density at radius 1 is 1.53 bits per heavy atom. The highest BCUT2D eigenvalue weighted by atomic mass is 16.5. The van der Waals surface area contributed by atoms with E-state index in [1.54, 1.807) is 0 Å². The predicted molar refractivity (Wildman–Crippen MR) is 66.8 cm³/mol. The van der Waals surface area contributed by atoms with Gasteiger partial charge in [-0.3, -0.25) is 4.68 Å². The molecule has 2 N–H and O–H groups in total. The smallest absolute Gasteiger partial charge is 0.0697 e. The zero-order valence-corrected chi connectivity index (χ0v) is 10.7. The van der Waals surface area contributed by atoms with Crippen LogP contribution in [0.25, 0.3) is 0 Å². The van der Waals surface area contributed by atoms with Gasteiger partial charge in [-0.05, 0) is 26.8 Å². The Labute approximate surface area is 103 Å². The van der Waals surface area contributed by atoms with Crippen LogP contribution in [0, 0.1) is 0 Å². The summed E-state index contributed by atoms with van der Waals surface area (Å²) in [6.45, 7) is 7.23. The molecule has 1 aromatic rings. The Hall–Kier alpha value is -0.910. The van der Waals surface area contributed by atoms with Crippen molar-refractivity contribution in [2.24, 2.45) is 0 Å². The highest BCUT2D eigenvalue weighted by molar-refractivity contribution is 5.08. The van der Waals surface area contributed by atoms with E-state index >= 15 is 0 Å². The molecule has 0 radical (unpaired) electrons. The molecule has 0 saturated carbocycles. The zero-order valence-electron chi connectivity index (χ0n) is 10.7. The van der Waals surface area contributed by atoms with E-state index in [2.05, 4.69) is 30.5 Å². The number of aliphatic hydroxyl groups is 1. The van der Waals surface area contributed by atoms with Crippen molar-refractivity contribution in [1.29, 1.82) is 0 Å². The second-order valence-electron chi connectivity index (χ2n) is 3.99. The lowest BCUT2D eigenvalue weighted by Gasteiger charge is -2.11. The van der Waals surface area contributed by atoms with E-state index in [1.165, 1.54) is 5.56 Å². The molecule has 0 aromatic carbocycles. The van der Waals surface area contributed by atoms with Gasteiger partial charge in [0.05, 0.1) is 19.4 Å². The summed E-state index contributed by atoms with van der Waals surface area (Å²) in [5, 5.41) is 16.2. The number of rotatable bonds is 9. The minimum Gasteiger partial charge on any atom is -0.394 e. The molecule has 1 aromatic heterocycles. The van der Waals surface area contributed by atoms with Crippen LogP contribution in [0.5, 0.6) is 0 Å². The van der Waals surface area contributed by atoms with Gasteiger partial charge in [0.15, 0.2) is 0 Å². The summed E-state index contributed by atoms with van der Waals surface area (Å²) in [5.74, 6) is 0. The van der Waals surface area contributed by atoms with Crippen molar-refractivity contribution in [2.75, 3.05) is 26.4 Å². The minimum atomic E-state index is 0.0973. The molecule has 1 unspecified atom stereocenters. The quantitative estimate of drug-likeness (QED) is 0.632. The van der Waals surface area contributed by atoms with E-state index < -0.39 is 0 Å². The molecule has 1 heterocycles. The highest BCUT2D eigenvalue weighted by Crippen LogP contribution is 2.10. The lowest BCUT2D eigenvalue weighted by atomic mass is 10.2. The van der Waals surface area contributed by atoms with Crippen molar-refractivity contribution >= 4 is 0 Å². The number of ether oxygens (including phenoxy) is 1. The fourth-order valence-corrected chi connectivity index (χ4v) is 1.55. The third-order valence-corrected chi connectivity index (χ3v) is 2.63. The molecule has 0 aliphatic heterocycles. The van der Waals surface area contributed by atoms with Crippen LogP contribution in [0.4, 0.5) is 0 Å². The lowest BCUT2D eigenvalue weighted by Crippen LogP contribution is -2.20. The Kier molecular flexibility index (Phi) is 6.84. The number of nitrogens with zero attached hydrogens (tertiary/aromatic N) is 2. The number of aryl methyl sites for hydroxylation is 1. The maximum atomic E-state index is 8.54. The van der Waals surface area contributed by atoms with Crippen LogP contribution in [-0.4, -0.2) is 41.3 Å². The molecular formula is C12H23N3O2. The Morgan fingerprint density at radius 2 is 2.35 bits per heavy atom. The fraction of sp³-hybridized carbons (Fsp3) is 0.750. The monoisotopic (exact) mass is 241 g/mol. The van der Waals surface area contributed by atoms with Crippen LogP contribution in [-0.2, 0) is 11.3 Å². The SMILES string of the molecule is CCn1cc(C(C)NCCCOCCO)cn1. The summed E-state index contributed by atoms with van der Waals surface area (Å²) in [5.41, 5.74) is 1.21. The van der Waals surface area contributed by atoms with Crippen molar-refractivity contribution in [3.05, 3.63) is 18.0 Å². The number of hydrogen-bond acceptors (Lipinski definition) is 4. The van der Waals surface area contributed by atoms with Crippen LogP contribution in [0.1, 0.15) is 31.9 Å². The lowest BCUT2D eigenvalue weighted by molar-refractivity contribution is 0.0904. The standard InChI is InChI=1S/C12H23N3O2/c1-3-15-10-12(9-14-15)11(2)13-5-4-7-17-8-6-16/h9-11,13,16H,3-8H2,1-2H3. The van der Waals surface area contributed by atoms with Crippen molar-refractivity contribution in [1.82, 2.24) is 15.1 Å². The van der Waals surface area contributed by atoms with Crippen LogP contribution in [0.2, 0.25) is 0 Å². The first-order chi connectivity index (χ1) is 8.27. The van der Waals surface area contributed by atoms with Crippen molar-refractivity contribution < 1.29 is 9.84 Å². The average molecular weight is 241 g/mol. The first kappa shape index (κ1) is 14.2. The van der Waals surface area contributed by atoms with Crippen LogP contribution in [0.15, 0.2) is 12.4 Å². The van der Waals surface area contributed by atoms with Gasteiger partial charge in [0.25, 0.3) is 0 Å². The molecule has 1 rings (SSSR count). The number of hydrogen-bond donors (Lipinski definition) is 2. The molecule has 0 fully saturated rings. The van der Waals surface area contributed by atoms with Gasteiger partial charge in [-0.15, -0.1) is 0 Å². The third kappa shape index (κ3) is 5.30. The molecular weight excluding hydrogens is 218 g/mol. The van der Waals surface area contributed by atoms with Gasteiger partial charge in [-0.1, -0.05) is 0 Å². The van der Waals surface area contributed by atoms with E-state index in [0.717, 1.165) is 19.5 Å². The van der Waals surface area contributed by atoms with Crippen LogP contribution < -0.4 is 5.32 Å². The maximum Gasteiger partial charge on any atom is 0.0697 e. The first-order valence-corrected chi connectivity index (χ1v) is 6.22. The molecule has 0 saturated heterocycles. The molecule has 1 atom stereocenters. The molecule has 5 heteroatoms. The van der Waals surface area contributed by atoms with E-state index in [4.69, 9.17) is 9.84 Å². The molecule has 17 heavy (non-hydrogen) atoms. The Morgan fingerprint density at radius 3 is 3.00 bits per heavy atom. The average Bonchev–Trinajstić information content (AvgIpc) is 2.82. The van der Waals surface area contributed by atoms with E-state index in [9.17, 15) is 0 Å². The zero-order chi connectivity index (χ0) is 12.5. The summed E-state index contributed by atoms with van der Waals surface area (Å²) in [7, 11) is 0. The molecule has 0 spiro atoms. The summed E-state index contributed by atoms with van der Waals surface area (Å²) < 4.78 is 7.11. The molecule has 0 amide bonds. The first-order valence-electron chi connectivity index (χ1n) is 6.22. The van der Waals surface area contributed by atoms with Gasteiger partial charge >= 0.3 is 0 Å². The van der Waals surface area contributed by atoms with Crippen molar-refractivity contribution in [3.8, 4) is 0 Å². The highest BCUT2D eigenvalue weighted by Gasteiger charge is 2.06. The Balaban J connectivity index is 2.14. The largest absolute Gasteiger partial charge is 0.394 e. The van der Waals surface area contributed by atoms with E-state index in [1.807, 2.05) is 10.9 Å². The van der Waals surface area contributed by atoms with Gasteiger partial charge in [0.1, 0.15) is 0 Å². The van der Waals surface area contributed by atoms with Crippen molar-refractivity contribution in [2.45, 2.75) is 32.9 Å². The molecule has 5 nitrogen and oxygen atoms in total. The third-order valence-electron chi connectivity index (χ3n) is 2.63. The summed E-state index contributed by atoms with van der Waals surface area (Å²) in [6, 6.07) is 0.313. The normalized spacial score (nSPS) is 12.9. The van der Waals surface area contributed by atoms with Gasteiger partial charge < -0.3 is 15.2 Å². The number of nitrogens with one attached hydrogen (secondary N) is 1. The van der Waals surface area contributed by atoms with Crippen molar-refractivity contribution in [3.63, 3.8) is 0 Å². The van der Waals surface area contributed by atoms with Gasteiger partial charge in [0.2, 0.25) is 0 Å². The number of aromatic nitrogens is 2. The fourth-order valence-electron chi connectivity index (χ4n) is 1.55. The van der Waals surface area contributed by atoms with Gasteiger partial charge in [0, 0.05) is 31.0 Å². The van der Waals surface area contributed by atoms with E-state index in [0.29, 0.717) is 19.3 Å². The Bertz CT molecular complexity index is 302. The van der Waals surface area contributed by atoms with Crippen LogP contribution >= 0.6 is 0 Å². The number of aliphatic hydroxyl groups excluding tert-OH is 1. The second kappa shape index (κ2) is 8.22. The molecule has 0 aliphatic carbocycles. The summed E-state index contributed by atoms with van der Waals surface area (Å²) in [6.07, 6.45) is 4.93. The second-order valence-corrected chi connectivity index (χ2v) is 3.99. The van der Waals surface area contributed by atoms with Gasteiger partial charge in [-0.2, -0.15) is 5.10 Å². The van der Waals surface area contributed by atoms with E-state index in [-0.39, 0.29) is 6.61 Å². The molecule has 0 aliphatic rings.